The Bertz CT molecular complexity index is 1200. The van der Waals surface area contributed by atoms with Crippen LogP contribution in [0, 0.1) is 5.92 Å². The number of nitrogens with one attached hydrogen (secondary N) is 1. The van der Waals surface area contributed by atoms with Gasteiger partial charge >= 0.3 is 0 Å². The molecule has 0 radical (unpaired) electrons. The molecule has 0 aromatic carbocycles. The number of pyridine rings is 1. The SMILES string of the molecule is CC[C@H](C)C(=O)N1CCC[C@@H](c2cc3nc4c(c(=O)n3[nH]2)CN(Cc2ccncc2)CC4)C1. The first-order valence-corrected chi connectivity index (χ1v) is 12.1. The molecule has 1 N–H and O–H groups in total. The monoisotopic (exact) mass is 448 g/mol. The lowest BCUT2D eigenvalue weighted by Crippen LogP contribution is -2.41. The van der Waals surface area contributed by atoms with E-state index in [1.165, 1.54) is 5.56 Å². The van der Waals surface area contributed by atoms with E-state index in [4.69, 9.17) is 4.98 Å². The zero-order valence-corrected chi connectivity index (χ0v) is 19.5. The molecule has 174 valence electrons. The van der Waals surface area contributed by atoms with Gasteiger partial charge in [0.25, 0.3) is 5.56 Å². The molecule has 8 nitrogen and oxygen atoms in total. The Morgan fingerprint density at radius 2 is 2.09 bits per heavy atom. The first kappa shape index (κ1) is 21.8. The molecule has 1 saturated heterocycles. The Hall–Kier alpha value is -3.00. The molecule has 3 aromatic heterocycles. The van der Waals surface area contributed by atoms with Crippen molar-refractivity contribution in [2.24, 2.45) is 5.92 Å². The van der Waals surface area contributed by atoms with Crippen molar-refractivity contribution >= 4 is 11.6 Å². The number of fused-ring (bicyclic) bond motifs is 2. The van der Waals surface area contributed by atoms with E-state index >= 15 is 0 Å². The fraction of sp³-hybridized carbons (Fsp3) is 0.520. The van der Waals surface area contributed by atoms with E-state index in [2.05, 4.69) is 21.9 Å². The van der Waals surface area contributed by atoms with Crippen LogP contribution in [0.4, 0.5) is 0 Å². The van der Waals surface area contributed by atoms with Crippen molar-refractivity contribution in [2.45, 2.75) is 58.5 Å². The van der Waals surface area contributed by atoms with Gasteiger partial charge in [-0.15, -0.1) is 0 Å². The molecular weight excluding hydrogens is 416 g/mol. The molecule has 8 heteroatoms. The number of piperidine rings is 1. The van der Waals surface area contributed by atoms with Crippen LogP contribution in [-0.4, -0.2) is 54.9 Å². The Morgan fingerprint density at radius 3 is 2.88 bits per heavy atom. The van der Waals surface area contributed by atoms with Gasteiger partial charge in [-0.3, -0.25) is 24.6 Å². The van der Waals surface area contributed by atoms with Gasteiger partial charge in [-0.2, -0.15) is 0 Å². The van der Waals surface area contributed by atoms with Gasteiger partial charge in [0, 0.05) is 75.1 Å². The van der Waals surface area contributed by atoms with Gasteiger partial charge in [0.1, 0.15) is 0 Å². The van der Waals surface area contributed by atoms with Crippen LogP contribution in [0.3, 0.4) is 0 Å². The number of nitrogens with zero attached hydrogens (tertiary/aromatic N) is 5. The Labute approximate surface area is 193 Å². The third kappa shape index (κ3) is 4.31. The maximum Gasteiger partial charge on any atom is 0.277 e. The van der Waals surface area contributed by atoms with E-state index in [-0.39, 0.29) is 23.3 Å². The number of amides is 1. The highest BCUT2D eigenvalue weighted by Gasteiger charge is 2.29. The lowest BCUT2D eigenvalue weighted by Gasteiger charge is -2.33. The quantitative estimate of drug-likeness (QED) is 0.649. The fourth-order valence-electron chi connectivity index (χ4n) is 5.06. The van der Waals surface area contributed by atoms with Crippen LogP contribution in [0.15, 0.2) is 35.4 Å². The van der Waals surface area contributed by atoms with Gasteiger partial charge in [-0.25, -0.2) is 9.50 Å². The molecule has 5 heterocycles. The summed E-state index contributed by atoms with van der Waals surface area (Å²) in [6.07, 6.45) is 7.21. The van der Waals surface area contributed by atoms with Crippen molar-refractivity contribution in [1.82, 2.24) is 29.4 Å². The topological polar surface area (TPSA) is 86.6 Å². The van der Waals surface area contributed by atoms with E-state index < -0.39 is 0 Å². The summed E-state index contributed by atoms with van der Waals surface area (Å²) in [5.41, 5.74) is 4.55. The second-order valence-corrected chi connectivity index (χ2v) is 9.50. The van der Waals surface area contributed by atoms with Crippen LogP contribution in [0.2, 0.25) is 0 Å². The highest BCUT2D eigenvalue weighted by Crippen LogP contribution is 2.28. The standard InChI is InChI=1S/C25H32N6O2/c1-3-17(2)24(32)30-11-4-5-19(15-30)22-13-23-27-21-8-12-29(14-18-6-9-26-10-7-18)16-20(21)25(33)31(23)28-22/h6-7,9-10,13,17,19,28H,3-5,8,11-12,14-16H2,1-2H3/t17-,19+/m0/s1. The molecular formula is C25H32N6O2. The third-order valence-corrected chi connectivity index (χ3v) is 7.22. The zero-order valence-electron chi connectivity index (χ0n) is 19.5. The predicted molar refractivity (Wildman–Crippen MR) is 126 cm³/mol. The van der Waals surface area contributed by atoms with E-state index in [0.29, 0.717) is 18.7 Å². The summed E-state index contributed by atoms with van der Waals surface area (Å²) in [5.74, 6) is 0.490. The van der Waals surface area contributed by atoms with Crippen LogP contribution in [0.25, 0.3) is 5.65 Å². The number of H-pyrrole nitrogens is 1. The summed E-state index contributed by atoms with van der Waals surface area (Å²) in [7, 11) is 0. The van der Waals surface area contributed by atoms with Crippen molar-refractivity contribution in [3.8, 4) is 0 Å². The average Bonchev–Trinajstić information content (AvgIpc) is 3.29. The number of aromatic nitrogens is 4. The molecule has 1 amide bonds. The van der Waals surface area contributed by atoms with Crippen molar-refractivity contribution in [3.05, 3.63) is 63.5 Å². The molecule has 0 unspecified atom stereocenters. The smallest absolute Gasteiger partial charge is 0.277 e. The van der Waals surface area contributed by atoms with Gasteiger partial charge in [0.05, 0.1) is 11.3 Å². The minimum atomic E-state index is -0.0102. The lowest BCUT2D eigenvalue weighted by atomic mass is 9.93. The fourth-order valence-corrected chi connectivity index (χ4v) is 5.06. The molecule has 3 aromatic rings. The largest absolute Gasteiger partial charge is 0.342 e. The van der Waals surface area contributed by atoms with Crippen LogP contribution in [0.1, 0.15) is 61.5 Å². The van der Waals surface area contributed by atoms with Crippen LogP contribution in [0.5, 0.6) is 0 Å². The number of likely N-dealkylation sites (tertiary alicyclic amines) is 1. The molecule has 5 rings (SSSR count). The van der Waals surface area contributed by atoms with Crippen molar-refractivity contribution in [3.63, 3.8) is 0 Å². The second kappa shape index (κ2) is 9.09. The third-order valence-electron chi connectivity index (χ3n) is 7.22. The minimum Gasteiger partial charge on any atom is -0.342 e. The number of rotatable bonds is 5. The van der Waals surface area contributed by atoms with Gasteiger partial charge in [0.15, 0.2) is 5.65 Å². The van der Waals surface area contributed by atoms with Gasteiger partial charge < -0.3 is 4.90 Å². The number of hydrogen-bond acceptors (Lipinski definition) is 5. The van der Waals surface area contributed by atoms with E-state index in [9.17, 15) is 9.59 Å². The number of carbonyl (C=O) groups is 1. The Kier molecular flexibility index (Phi) is 6.01. The molecule has 33 heavy (non-hydrogen) atoms. The van der Waals surface area contributed by atoms with Crippen LogP contribution >= 0.6 is 0 Å². The summed E-state index contributed by atoms with van der Waals surface area (Å²) < 4.78 is 1.60. The van der Waals surface area contributed by atoms with Gasteiger partial charge in [0.2, 0.25) is 5.91 Å². The molecule has 0 aliphatic carbocycles. The highest BCUT2D eigenvalue weighted by molar-refractivity contribution is 5.78. The number of hydrogen-bond donors (Lipinski definition) is 1. The second-order valence-electron chi connectivity index (χ2n) is 9.50. The molecule has 0 saturated carbocycles. The predicted octanol–water partition coefficient (Wildman–Crippen LogP) is 2.73. The maximum atomic E-state index is 13.4. The lowest BCUT2D eigenvalue weighted by molar-refractivity contribution is -0.136. The maximum absolute atomic E-state index is 13.4. The number of carbonyl (C=O) groups excluding carboxylic acids is 1. The molecule has 1 fully saturated rings. The average molecular weight is 449 g/mol. The molecule has 0 bridgehead atoms. The van der Waals surface area contributed by atoms with Gasteiger partial charge in [-0.05, 0) is 37.0 Å². The molecule has 2 atom stereocenters. The van der Waals surface area contributed by atoms with E-state index in [1.54, 1.807) is 16.9 Å². The first-order chi connectivity index (χ1) is 16.0. The first-order valence-electron chi connectivity index (χ1n) is 12.1. The highest BCUT2D eigenvalue weighted by atomic mass is 16.2. The minimum absolute atomic E-state index is 0.0102. The summed E-state index contributed by atoms with van der Waals surface area (Å²) in [5, 5.41) is 3.33. The van der Waals surface area contributed by atoms with Crippen LogP contribution in [-0.2, 0) is 24.3 Å². The molecule has 2 aliphatic heterocycles. The summed E-state index contributed by atoms with van der Waals surface area (Å²) in [6.45, 7) is 7.85. The Balaban J connectivity index is 1.38. The molecule has 0 spiro atoms. The molecule has 2 aliphatic rings. The summed E-state index contributed by atoms with van der Waals surface area (Å²) in [4.78, 5) is 39.3. The van der Waals surface area contributed by atoms with E-state index in [0.717, 1.165) is 62.3 Å². The van der Waals surface area contributed by atoms with Crippen molar-refractivity contribution < 1.29 is 4.79 Å². The normalized spacial score (nSPS) is 20.1. The summed E-state index contributed by atoms with van der Waals surface area (Å²) >= 11 is 0. The van der Waals surface area contributed by atoms with Gasteiger partial charge in [-0.1, -0.05) is 13.8 Å². The van der Waals surface area contributed by atoms with Crippen molar-refractivity contribution in [1.29, 1.82) is 0 Å². The summed E-state index contributed by atoms with van der Waals surface area (Å²) in [6, 6.07) is 6.04. The van der Waals surface area contributed by atoms with Crippen molar-refractivity contribution in [2.75, 3.05) is 19.6 Å². The van der Waals surface area contributed by atoms with E-state index in [1.807, 2.05) is 30.0 Å². The Morgan fingerprint density at radius 1 is 1.27 bits per heavy atom. The zero-order chi connectivity index (χ0) is 22.9. The number of aromatic amines is 1. The van der Waals surface area contributed by atoms with Crippen LogP contribution < -0.4 is 5.56 Å².